The molecule has 1 amide bonds. The van der Waals surface area contributed by atoms with Gasteiger partial charge in [0.1, 0.15) is 5.75 Å². The third-order valence-corrected chi connectivity index (χ3v) is 6.41. The number of amides is 1. The van der Waals surface area contributed by atoms with Gasteiger partial charge in [0.2, 0.25) is 5.91 Å². The van der Waals surface area contributed by atoms with E-state index in [1.165, 1.54) is 19.3 Å². The SMILES string of the molecule is COc1ccccc1NC(=O)CCC12CC3CC(CC(O)(C3)C1)C2. The Hall–Kier alpha value is -1.55. The van der Waals surface area contributed by atoms with Gasteiger partial charge in [0.25, 0.3) is 0 Å². The molecule has 0 heterocycles. The number of anilines is 1. The summed E-state index contributed by atoms with van der Waals surface area (Å²) in [4.78, 5) is 12.4. The number of ether oxygens (including phenoxy) is 1. The molecule has 0 aliphatic heterocycles. The lowest BCUT2D eigenvalue weighted by Crippen LogP contribution is -2.55. The fourth-order valence-electron chi connectivity index (χ4n) is 6.03. The van der Waals surface area contributed by atoms with Crippen LogP contribution in [0.2, 0.25) is 0 Å². The van der Waals surface area contributed by atoms with Crippen LogP contribution in [0.1, 0.15) is 51.4 Å². The second-order valence-electron chi connectivity index (χ2n) is 8.43. The largest absolute Gasteiger partial charge is 0.495 e. The second kappa shape index (κ2) is 5.76. The number of nitrogens with one attached hydrogen (secondary N) is 1. The average Bonchev–Trinajstić information content (AvgIpc) is 2.51. The summed E-state index contributed by atoms with van der Waals surface area (Å²) in [6, 6.07) is 7.51. The van der Waals surface area contributed by atoms with Gasteiger partial charge in [-0.3, -0.25) is 4.79 Å². The number of hydrogen-bond donors (Lipinski definition) is 2. The van der Waals surface area contributed by atoms with E-state index in [-0.39, 0.29) is 11.3 Å². The van der Waals surface area contributed by atoms with Gasteiger partial charge in [-0.05, 0) is 74.3 Å². The second-order valence-corrected chi connectivity index (χ2v) is 8.43. The van der Waals surface area contributed by atoms with E-state index in [1.54, 1.807) is 7.11 Å². The highest BCUT2D eigenvalue weighted by Crippen LogP contribution is 2.63. The van der Waals surface area contributed by atoms with Gasteiger partial charge in [-0.25, -0.2) is 0 Å². The van der Waals surface area contributed by atoms with E-state index in [9.17, 15) is 9.90 Å². The molecule has 1 aromatic carbocycles. The molecule has 0 saturated heterocycles. The highest BCUT2D eigenvalue weighted by atomic mass is 16.5. The summed E-state index contributed by atoms with van der Waals surface area (Å²) in [7, 11) is 1.61. The summed E-state index contributed by atoms with van der Waals surface area (Å²) in [5, 5.41) is 13.8. The Kier molecular flexibility index (Phi) is 3.83. The van der Waals surface area contributed by atoms with Crippen LogP contribution < -0.4 is 10.1 Å². The van der Waals surface area contributed by atoms with Crippen molar-refractivity contribution in [3.63, 3.8) is 0 Å². The van der Waals surface area contributed by atoms with Crippen molar-refractivity contribution in [2.45, 2.75) is 57.0 Å². The highest BCUT2D eigenvalue weighted by Gasteiger charge is 2.56. The monoisotopic (exact) mass is 329 g/mol. The lowest BCUT2D eigenvalue weighted by atomic mass is 9.47. The van der Waals surface area contributed by atoms with Gasteiger partial charge in [-0.15, -0.1) is 0 Å². The first-order valence-electron chi connectivity index (χ1n) is 9.15. The molecule has 2 N–H and O–H groups in total. The molecule has 0 aromatic heterocycles. The van der Waals surface area contributed by atoms with Crippen molar-refractivity contribution in [1.82, 2.24) is 0 Å². The van der Waals surface area contributed by atoms with Gasteiger partial charge < -0.3 is 15.2 Å². The van der Waals surface area contributed by atoms with E-state index >= 15 is 0 Å². The summed E-state index contributed by atoms with van der Waals surface area (Å²) < 4.78 is 5.29. The van der Waals surface area contributed by atoms with Crippen molar-refractivity contribution in [3.8, 4) is 5.75 Å². The molecule has 4 bridgehead atoms. The van der Waals surface area contributed by atoms with Crippen molar-refractivity contribution in [2.24, 2.45) is 17.3 Å². The molecule has 5 rings (SSSR count). The molecule has 2 atom stereocenters. The Labute approximate surface area is 143 Å². The molecule has 24 heavy (non-hydrogen) atoms. The van der Waals surface area contributed by atoms with Gasteiger partial charge >= 0.3 is 0 Å². The number of carbonyl (C=O) groups is 1. The molecule has 4 fully saturated rings. The fraction of sp³-hybridized carbons (Fsp3) is 0.650. The Morgan fingerprint density at radius 1 is 1.25 bits per heavy atom. The Morgan fingerprint density at radius 3 is 2.62 bits per heavy atom. The first-order valence-corrected chi connectivity index (χ1v) is 9.15. The smallest absolute Gasteiger partial charge is 0.224 e. The molecule has 1 aromatic rings. The molecule has 0 radical (unpaired) electrons. The van der Waals surface area contributed by atoms with E-state index in [0.717, 1.165) is 31.4 Å². The molecular weight excluding hydrogens is 302 g/mol. The Balaban J connectivity index is 1.39. The third-order valence-electron chi connectivity index (χ3n) is 6.41. The predicted molar refractivity (Wildman–Crippen MR) is 92.9 cm³/mol. The lowest BCUT2D eigenvalue weighted by Gasteiger charge is -2.60. The summed E-state index contributed by atoms with van der Waals surface area (Å²) in [6.07, 6.45) is 7.97. The minimum atomic E-state index is -0.441. The third kappa shape index (κ3) is 2.92. The van der Waals surface area contributed by atoms with Gasteiger partial charge in [-0.2, -0.15) is 0 Å². The highest BCUT2D eigenvalue weighted by molar-refractivity contribution is 5.92. The van der Waals surface area contributed by atoms with Crippen molar-refractivity contribution in [1.29, 1.82) is 0 Å². The fourth-order valence-corrected chi connectivity index (χ4v) is 6.03. The normalized spacial score (nSPS) is 36.6. The van der Waals surface area contributed by atoms with Crippen LogP contribution in [-0.2, 0) is 4.79 Å². The van der Waals surface area contributed by atoms with E-state index in [1.807, 2.05) is 24.3 Å². The quantitative estimate of drug-likeness (QED) is 0.865. The van der Waals surface area contributed by atoms with Crippen molar-refractivity contribution < 1.29 is 14.6 Å². The average molecular weight is 329 g/mol. The maximum absolute atomic E-state index is 12.4. The minimum Gasteiger partial charge on any atom is -0.495 e. The topological polar surface area (TPSA) is 58.6 Å². The Morgan fingerprint density at radius 2 is 1.96 bits per heavy atom. The maximum atomic E-state index is 12.4. The maximum Gasteiger partial charge on any atom is 0.224 e. The van der Waals surface area contributed by atoms with E-state index in [4.69, 9.17) is 4.74 Å². The number of para-hydroxylation sites is 2. The molecular formula is C20H27NO3. The molecule has 4 aliphatic carbocycles. The van der Waals surface area contributed by atoms with E-state index < -0.39 is 5.60 Å². The van der Waals surface area contributed by atoms with Crippen molar-refractivity contribution >= 4 is 11.6 Å². The number of methoxy groups -OCH3 is 1. The van der Waals surface area contributed by atoms with Crippen LogP contribution in [0.3, 0.4) is 0 Å². The van der Waals surface area contributed by atoms with Crippen LogP contribution in [-0.4, -0.2) is 23.7 Å². The lowest BCUT2D eigenvalue weighted by molar-refractivity contribution is -0.166. The number of carbonyl (C=O) groups excluding carboxylic acids is 1. The van der Waals surface area contributed by atoms with Gasteiger partial charge in [0.15, 0.2) is 0 Å². The summed E-state index contributed by atoms with van der Waals surface area (Å²) >= 11 is 0. The zero-order valence-electron chi connectivity index (χ0n) is 14.4. The molecule has 4 saturated carbocycles. The molecule has 0 spiro atoms. The molecule has 2 unspecified atom stereocenters. The molecule has 4 aliphatic rings. The van der Waals surface area contributed by atoms with Crippen molar-refractivity contribution in [3.05, 3.63) is 24.3 Å². The predicted octanol–water partition coefficient (Wildman–Crippen LogP) is 3.75. The van der Waals surface area contributed by atoms with E-state index in [0.29, 0.717) is 24.0 Å². The van der Waals surface area contributed by atoms with E-state index in [2.05, 4.69) is 5.32 Å². The molecule has 130 valence electrons. The van der Waals surface area contributed by atoms with Gasteiger partial charge in [0, 0.05) is 6.42 Å². The van der Waals surface area contributed by atoms with Gasteiger partial charge in [-0.1, -0.05) is 12.1 Å². The van der Waals surface area contributed by atoms with Crippen LogP contribution in [0, 0.1) is 17.3 Å². The molecule has 4 nitrogen and oxygen atoms in total. The summed E-state index contributed by atoms with van der Waals surface area (Å²) in [6.45, 7) is 0. The zero-order chi connectivity index (χ0) is 16.8. The van der Waals surface area contributed by atoms with Crippen molar-refractivity contribution in [2.75, 3.05) is 12.4 Å². The van der Waals surface area contributed by atoms with Gasteiger partial charge in [0.05, 0.1) is 18.4 Å². The summed E-state index contributed by atoms with van der Waals surface area (Å²) in [5.41, 5.74) is 0.481. The van der Waals surface area contributed by atoms with Crippen LogP contribution in [0.4, 0.5) is 5.69 Å². The first kappa shape index (κ1) is 15.9. The zero-order valence-corrected chi connectivity index (χ0v) is 14.4. The standard InChI is InChI=1S/C20H27NO3/c1-24-17-5-3-2-4-16(17)21-18(22)6-7-19-9-14-8-15(10-19)12-20(23,11-14)13-19/h2-5,14-15,23H,6-13H2,1H3,(H,21,22). The number of hydrogen-bond acceptors (Lipinski definition) is 3. The van der Waals surface area contributed by atoms with Crippen LogP contribution in [0.5, 0.6) is 5.75 Å². The van der Waals surface area contributed by atoms with Crippen LogP contribution >= 0.6 is 0 Å². The minimum absolute atomic E-state index is 0.0437. The van der Waals surface area contributed by atoms with Crippen LogP contribution in [0.15, 0.2) is 24.3 Å². The first-order chi connectivity index (χ1) is 11.5. The molecule has 4 heteroatoms. The number of aliphatic hydroxyl groups is 1. The Bertz CT molecular complexity index is 628. The number of rotatable bonds is 5. The summed E-state index contributed by atoms with van der Waals surface area (Å²) in [5.74, 6) is 2.08. The number of benzene rings is 1. The van der Waals surface area contributed by atoms with Crippen LogP contribution in [0.25, 0.3) is 0 Å².